The molecule has 0 spiro atoms. The molecule has 1 unspecified atom stereocenters. The summed E-state index contributed by atoms with van der Waals surface area (Å²) in [5.74, 6) is 0.732. The van der Waals surface area contributed by atoms with Gasteiger partial charge in [-0.1, -0.05) is 40.2 Å². The number of nitrogens with zero attached hydrogens (tertiary/aromatic N) is 1. The SMILES string of the molecule is COc1ccc(C(O)(CCC#N)c2cccc(Br)c2)cc1. The first kappa shape index (κ1) is 15.6. The van der Waals surface area contributed by atoms with E-state index in [2.05, 4.69) is 22.0 Å². The summed E-state index contributed by atoms with van der Waals surface area (Å²) in [5.41, 5.74) is 0.320. The molecule has 2 aromatic carbocycles. The Bertz CT molecular complexity index is 649. The van der Waals surface area contributed by atoms with Crippen molar-refractivity contribution in [2.75, 3.05) is 7.11 Å². The highest BCUT2D eigenvalue weighted by Gasteiger charge is 2.31. The molecule has 0 aliphatic rings. The maximum Gasteiger partial charge on any atom is 0.118 e. The molecule has 4 heteroatoms. The molecule has 0 saturated carbocycles. The third-order valence-corrected chi connectivity index (χ3v) is 3.96. The predicted molar refractivity (Wildman–Crippen MR) is 85.0 cm³/mol. The molecule has 1 atom stereocenters. The van der Waals surface area contributed by atoms with Crippen molar-refractivity contribution in [3.8, 4) is 11.8 Å². The first-order valence-corrected chi connectivity index (χ1v) is 7.39. The van der Waals surface area contributed by atoms with Crippen molar-refractivity contribution < 1.29 is 9.84 Å². The van der Waals surface area contributed by atoms with Crippen LogP contribution >= 0.6 is 15.9 Å². The molecule has 0 aliphatic carbocycles. The van der Waals surface area contributed by atoms with E-state index >= 15 is 0 Å². The van der Waals surface area contributed by atoms with E-state index in [0.29, 0.717) is 6.42 Å². The van der Waals surface area contributed by atoms with Crippen LogP contribution in [-0.4, -0.2) is 12.2 Å². The van der Waals surface area contributed by atoms with Crippen molar-refractivity contribution >= 4 is 15.9 Å². The molecule has 0 radical (unpaired) electrons. The fourth-order valence-electron chi connectivity index (χ4n) is 2.30. The molecule has 21 heavy (non-hydrogen) atoms. The first-order chi connectivity index (χ1) is 10.1. The molecule has 2 rings (SSSR count). The highest BCUT2D eigenvalue weighted by Crippen LogP contribution is 2.35. The fraction of sp³-hybridized carbons (Fsp3) is 0.235. The van der Waals surface area contributed by atoms with Gasteiger partial charge in [0.05, 0.1) is 13.2 Å². The maximum atomic E-state index is 11.2. The Balaban J connectivity index is 2.47. The summed E-state index contributed by atoms with van der Waals surface area (Å²) in [7, 11) is 1.60. The number of methoxy groups -OCH3 is 1. The minimum absolute atomic E-state index is 0.273. The minimum atomic E-state index is -1.19. The summed E-state index contributed by atoms with van der Waals surface area (Å²) in [6, 6.07) is 16.9. The molecule has 1 N–H and O–H groups in total. The maximum absolute atomic E-state index is 11.2. The van der Waals surface area contributed by atoms with E-state index in [1.54, 1.807) is 7.11 Å². The molecule has 0 fully saturated rings. The van der Waals surface area contributed by atoms with Crippen LogP contribution in [-0.2, 0) is 5.60 Å². The Morgan fingerprint density at radius 1 is 1.19 bits per heavy atom. The van der Waals surface area contributed by atoms with Crippen molar-refractivity contribution in [1.29, 1.82) is 5.26 Å². The number of aliphatic hydroxyl groups is 1. The van der Waals surface area contributed by atoms with E-state index in [0.717, 1.165) is 21.3 Å². The van der Waals surface area contributed by atoms with Crippen molar-refractivity contribution in [2.45, 2.75) is 18.4 Å². The van der Waals surface area contributed by atoms with Crippen molar-refractivity contribution in [3.63, 3.8) is 0 Å². The lowest BCUT2D eigenvalue weighted by molar-refractivity contribution is 0.0724. The molecule has 0 saturated heterocycles. The average Bonchev–Trinajstić information content (AvgIpc) is 2.52. The predicted octanol–water partition coefficient (Wildman–Crippen LogP) is 4.00. The molecule has 0 aromatic heterocycles. The summed E-state index contributed by atoms with van der Waals surface area (Å²) in [6.45, 7) is 0. The highest BCUT2D eigenvalue weighted by molar-refractivity contribution is 9.10. The standard InChI is InChI=1S/C17H16BrNO2/c1-21-16-8-6-13(7-9-16)17(20,10-3-11-19)14-4-2-5-15(18)12-14/h2,4-9,12,20H,3,10H2,1H3. The highest BCUT2D eigenvalue weighted by atomic mass is 79.9. The van der Waals surface area contributed by atoms with Gasteiger partial charge in [-0.3, -0.25) is 0 Å². The Hall–Kier alpha value is -1.83. The lowest BCUT2D eigenvalue weighted by atomic mass is 9.83. The summed E-state index contributed by atoms with van der Waals surface area (Å²) in [4.78, 5) is 0. The zero-order valence-electron chi connectivity index (χ0n) is 11.7. The van der Waals surface area contributed by atoms with Gasteiger partial charge in [-0.15, -0.1) is 0 Å². The number of halogens is 1. The Morgan fingerprint density at radius 3 is 2.48 bits per heavy atom. The van der Waals surface area contributed by atoms with E-state index in [1.165, 1.54) is 0 Å². The topological polar surface area (TPSA) is 53.2 Å². The van der Waals surface area contributed by atoms with Crippen LogP contribution in [0.1, 0.15) is 24.0 Å². The zero-order chi connectivity index (χ0) is 15.3. The molecule has 2 aromatic rings. The molecule has 0 amide bonds. The minimum Gasteiger partial charge on any atom is -0.497 e. The molecule has 3 nitrogen and oxygen atoms in total. The molecule has 0 heterocycles. The lowest BCUT2D eigenvalue weighted by Gasteiger charge is -2.29. The van der Waals surface area contributed by atoms with Crippen LogP contribution in [0.5, 0.6) is 5.75 Å². The van der Waals surface area contributed by atoms with Crippen molar-refractivity contribution in [1.82, 2.24) is 0 Å². The molecule has 0 bridgehead atoms. The molecule has 0 aliphatic heterocycles. The van der Waals surface area contributed by atoms with Gasteiger partial charge in [0.25, 0.3) is 0 Å². The van der Waals surface area contributed by atoms with Crippen LogP contribution in [0.3, 0.4) is 0 Å². The number of hydrogen-bond acceptors (Lipinski definition) is 3. The summed E-state index contributed by atoms with van der Waals surface area (Å²) >= 11 is 3.42. The van der Waals surface area contributed by atoms with Gasteiger partial charge < -0.3 is 9.84 Å². The van der Waals surface area contributed by atoms with Crippen LogP contribution in [0, 0.1) is 11.3 Å². The normalized spacial score (nSPS) is 13.2. The van der Waals surface area contributed by atoms with E-state index in [4.69, 9.17) is 10.00 Å². The van der Waals surface area contributed by atoms with Gasteiger partial charge in [0, 0.05) is 10.9 Å². The number of ether oxygens (including phenoxy) is 1. The number of nitriles is 1. The lowest BCUT2D eigenvalue weighted by Crippen LogP contribution is -2.27. The first-order valence-electron chi connectivity index (χ1n) is 6.60. The van der Waals surface area contributed by atoms with Gasteiger partial charge in [-0.05, 0) is 41.8 Å². The number of hydrogen-bond donors (Lipinski definition) is 1. The average molecular weight is 346 g/mol. The molecular formula is C17H16BrNO2. The van der Waals surface area contributed by atoms with Gasteiger partial charge in [-0.2, -0.15) is 5.26 Å². The largest absolute Gasteiger partial charge is 0.497 e. The number of benzene rings is 2. The molecular weight excluding hydrogens is 330 g/mol. The van der Waals surface area contributed by atoms with Gasteiger partial charge in [0.15, 0.2) is 0 Å². The Kier molecular flexibility index (Phi) is 5.00. The van der Waals surface area contributed by atoms with Gasteiger partial charge in [0.2, 0.25) is 0 Å². The van der Waals surface area contributed by atoms with Crippen LogP contribution in [0.2, 0.25) is 0 Å². The number of rotatable bonds is 5. The van der Waals surface area contributed by atoms with Gasteiger partial charge in [-0.25, -0.2) is 0 Å². The van der Waals surface area contributed by atoms with E-state index in [1.807, 2.05) is 48.5 Å². The molecule has 108 valence electrons. The van der Waals surface area contributed by atoms with Crippen LogP contribution in [0.4, 0.5) is 0 Å². The third kappa shape index (κ3) is 3.44. The van der Waals surface area contributed by atoms with Crippen molar-refractivity contribution in [3.05, 3.63) is 64.1 Å². The van der Waals surface area contributed by atoms with Gasteiger partial charge in [0.1, 0.15) is 11.4 Å². The fourth-order valence-corrected chi connectivity index (χ4v) is 2.70. The smallest absolute Gasteiger partial charge is 0.118 e. The van der Waals surface area contributed by atoms with E-state index in [9.17, 15) is 5.11 Å². The van der Waals surface area contributed by atoms with E-state index in [-0.39, 0.29) is 6.42 Å². The van der Waals surface area contributed by atoms with Crippen LogP contribution in [0.15, 0.2) is 53.0 Å². The second-order valence-electron chi connectivity index (χ2n) is 4.76. The van der Waals surface area contributed by atoms with Crippen LogP contribution in [0.25, 0.3) is 0 Å². The second-order valence-corrected chi connectivity index (χ2v) is 5.67. The summed E-state index contributed by atoms with van der Waals surface area (Å²) in [5, 5.41) is 20.0. The van der Waals surface area contributed by atoms with Gasteiger partial charge >= 0.3 is 0 Å². The van der Waals surface area contributed by atoms with E-state index < -0.39 is 5.60 Å². The summed E-state index contributed by atoms with van der Waals surface area (Å²) in [6.07, 6.45) is 0.612. The Labute approximate surface area is 132 Å². The van der Waals surface area contributed by atoms with Crippen molar-refractivity contribution in [2.24, 2.45) is 0 Å². The third-order valence-electron chi connectivity index (χ3n) is 3.47. The van der Waals surface area contributed by atoms with Crippen LogP contribution < -0.4 is 4.74 Å². The second kappa shape index (κ2) is 6.75. The zero-order valence-corrected chi connectivity index (χ0v) is 13.3. The monoisotopic (exact) mass is 345 g/mol. The quantitative estimate of drug-likeness (QED) is 0.890. The summed E-state index contributed by atoms with van der Waals surface area (Å²) < 4.78 is 6.04. The Morgan fingerprint density at radius 2 is 1.90 bits per heavy atom.